The van der Waals surface area contributed by atoms with Gasteiger partial charge in [0.05, 0.1) is 17.1 Å². The third kappa shape index (κ3) is 3.13. The standard InChI is InChI=1S/C11H22N2OS/c1-4-9(11(12)15)13-6-5-8(2)10(7-13)14-3/h8-10H,4-7H2,1-3H3,(H2,12,15). The molecule has 88 valence electrons. The van der Waals surface area contributed by atoms with E-state index in [0.717, 1.165) is 25.9 Å². The second kappa shape index (κ2) is 5.77. The molecule has 0 saturated carbocycles. The molecule has 1 fully saturated rings. The molecule has 1 saturated heterocycles. The van der Waals surface area contributed by atoms with Gasteiger partial charge in [0.25, 0.3) is 0 Å². The molecule has 4 heteroatoms. The number of likely N-dealkylation sites (tertiary alicyclic amines) is 1. The number of rotatable bonds is 4. The van der Waals surface area contributed by atoms with Gasteiger partial charge in [0, 0.05) is 13.7 Å². The normalized spacial score (nSPS) is 30.1. The summed E-state index contributed by atoms with van der Waals surface area (Å²) in [5, 5.41) is 0. The summed E-state index contributed by atoms with van der Waals surface area (Å²) in [5.74, 6) is 0.634. The molecule has 3 nitrogen and oxygen atoms in total. The van der Waals surface area contributed by atoms with Crippen LogP contribution in [0, 0.1) is 5.92 Å². The van der Waals surface area contributed by atoms with Crippen molar-refractivity contribution in [3.8, 4) is 0 Å². The first-order valence-corrected chi connectivity index (χ1v) is 6.07. The van der Waals surface area contributed by atoms with Crippen LogP contribution in [0.4, 0.5) is 0 Å². The first-order valence-electron chi connectivity index (χ1n) is 5.66. The number of nitrogens with two attached hydrogens (primary N) is 1. The number of nitrogens with zero attached hydrogens (tertiary/aromatic N) is 1. The van der Waals surface area contributed by atoms with E-state index in [9.17, 15) is 0 Å². The number of hydrogen-bond donors (Lipinski definition) is 1. The third-order valence-electron chi connectivity index (χ3n) is 3.38. The van der Waals surface area contributed by atoms with Crippen molar-refractivity contribution in [2.24, 2.45) is 11.7 Å². The topological polar surface area (TPSA) is 38.5 Å². The third-order valence-corrected chi connectivity index (χ3v) is 3.65. The van der Waals surface area contributed by atoms with E-state index in [0.29, 0.717) is 17.0 Å². The van der Waals surface area contributed by atoms with Crippen molar-refractivity contribution in [2.75, 3.05) is 20.2 Å². The van der Waals surface area contributed by atoms with Gasteiger partial charge in [-0.15, -0.1) is 0 Å². The average Bonchev–Trinajstić information content (AvgIpc) is 2.21. The number of piperidine rings is 1. The van der Waals surface area contributed by atoms with Crippen LogP contribution < -0.4 is 5.73 Å². The van der Waals surface area contributed by atoms with Gasteiger partial charge in [-0.3, -0.25) is 4.90 Å². The van der Waals surface area contributed by atoms with Gasteiger partial charge in [-0.2, -0.15) is 0 Å². The second-order valence-electron chi connectivity index (χ2n) is 4.36. The van der Waals surface area contributed by atoms with E-state index in [1.54, 1.807) is 7.11 Å². The molecular formula is C11H22N2OS. The maximum atomic E-state index is 5.75. The Balaban J connectivity index is 2.60. The minimum absolute atomic E-state index is 0.241. The predicted molar refractivity (Wildman–Crippen MR) is 67.0 cm³/mol. The van der Waals surface area contributed by atoms with Gasteiger partial charge in [0.15, 0.2) is 0 Å². The van der Waals surface area contributed by atoms with Crippen LogP contribution in [0.15, 0.2) is 0 Å². The maximum absolute atomic E-state index is 5.75. The van der Waals surface area contributed by atoms with E-state index >= 15 is 0 Å². The molecule has 1 aliphatic rings. The molecule has 1 heterocycles. The second-order valence-corrected chi connectivity index (χ2v) is 4.83. The molecule has 1 aliphatic heterocycles. The summed E-state index contributed by atoms with van der Waals surface area (Å²) in [7, 11) is 1.78. The molecule has 0 aromatic heterocycles. The molecule has 1 rings (SSSR count). The van der Waals surface area contributed by atoms with Crippen LogP contribution in [-0.4, -0.2) is 42.2 Å². The van der Waals surface area contributed by atoms with Crippen molar-refractivity contribution < 1.29 is 4.74 Å². The largest absolute Gasteiger partial charge is 0.392 e. The van der Waals surface area contributed by atoms with Gasteiger partial charge in [0.1, 0.15) is 0 Å². The Labute approximate surface area is 98.0 Å². The van der Waals surface area contributed by atoms with Crippen LogP contribution in [0.2, 0.25) is 0 Å². The van der Waals surface area contributed by atoms with Crippen LogP contribution in [0.25, 0.3) is 0 Å². The van der Waals surface area contributed by atoms with Gasteiger partial charge in [0.2, 0.25) is 0 Å². The predicted octanol–water partition coefficient (Wildman–Crippen LogP) is 1.41. The fraction of sp³-hybridized carbons (Fsp3) is 0.909. The lowest BCUT2D eigenvalue weighted by atomic mass is 9.94. The first-order chi connectivity index (χ1) is 7.10. The average molecular weight is 230 g/mol. The zero-order valence-corrected chi connectivity index (χ0v) is 10.7. The van der Waals surface area contributed by atoms with Crippen LogP contribution >= 0.6 is 12.2 Å². The lowest BCUT2D eigenvalue weighted by Crippen LogP contribution is -2.52. The van der Waals surface area contributed by atoms with Gasteiger partial charge < -0.3 is 10.5 Å². The van der Waals surface area contributed by atoms with Gasteiger partial charge in [-0.05, 0) is 25.3 Å². The summed E-state index contributed by atoms with van der Waals surface area (Å²) in [6.45, 7) is 6.40. The van der Waals surface area contributed by atoms with Gasteiger partial charge >= 0.3 is 0 Å². The van der Waals surface area contributed by atoms with Crippen LogP contribution in [-0.2, 0) is 4.74 Å². The highest BCUT2D eigenvalue weighted by molar-refractivity contribution is 7.80. The van der Waals surface area contributed by atoms with E-state index in [-0.39, 0.29) is 6.04 Å². The van der Waals surface area contributed by atoms with Crippen molar-refractivity contribution in [2.45, 2.75) is 38.8 Å². The number of ether oxygens (including phenoxy) is 1. The molecule has 0 amide bonds. The molecule has 0 bridgehead atoms. The molecular weight excluding hydrogens is 208 g/mol. The molecule has 3 atom stereocenters. The summed E-state index contributed by atoms with van der Waals surface area (Å²) in [6.07, 6.45) is 2.47. The highest BCUT2D eigenvalue weighted by Crippen LogP contribution is 2.22. The number of hydrogen-bond acceptors (Lipinski definition) is 3. The Bertz CT molecular complexity index is 223. The minimum Gasteiger partial charge on any atom is -0.392 e. The zero-order chi connectivity index (χ0) is 11.4. The van der Waals surface area contributed by atoms with E-state index < -0.39 is 0 Å². The Morgan fingerprint density at radius 2 is 2.33 bits per heavy atom. The Kier molecular flexibility index (Phi) is 4.96. The summed E-state index contributed by atoms with van der Waals surface area (Å²) in [4.78, 5) is 2.97. The zero-order valence-electron chi connectivity index (χ0n) is 9.90. The summed E-state index contributed by atoms with van der Waals surface area (Å²) in [5.41, 5.74) is 5.75. The van der Waals surface area contributed by atoms with Crippen LogP contribution in [0.5, 0.6) is 0 Å². The summed E-state index contributed by atoms with van der Waals surface area (Å²) in [6, 6.07) is 0.241. The molecule has 0 spiro atoms. The SMILES string of the molecule is CCC(C(N)=S)N1CCC(C)C(OC)C1. The minimum atomic E-state index is 0.241. The van der Waals surface area contributed by atoms with Crippen molar-refractivity contribution in [1.82, 2.24) is 4.90 Å². The Morgan fingerprint density at radius 3 is 2.80 bits per heavy atom. The fourth-order valence-corrected chi connectivity index (χ4v) is 2.60. The maximum Gasteiger partial charge on any atom is 0.0901 e. The Hall–Kier alpha value is -0.190. The molecule has 15 heavy (non-hydrogen) atoms. The van der Waals surface area contributed by atoms with Gasteiger partial charge in [-0.25, -0.2) is 0 Å². The molecule has 2 N–H and O–H groups in total. The first kappa shape index (κ1) is 12.9. The van der Waals surface area contributed by atoms with Crippen molar-refractivity contribution in [3.63, 3.8) is 0 Å². The van der Waals surface area contributed by atoms with Crippen molar-refractivity contribution in [1.29, 1.82) is 0 Å². The smallest absolute Gasteiger partial charge is 0.0901 e. The highest BCUT2D eigenvalue weighted by atomic mass is 32.1. The van der Waals surface area contributed by atoms with Crippen LogP contribution in [0.3, 0.4) is 0 Å². The quantitative estimate of drug-likeness (QED) is 0.741. The van der Waals surface area contributed by atoms with Gasteiger partial charge in [-0.1, -0.05) is 26.1 Å². The summed E-state index contributed by atoms with van der Waals surface area (Å²) < 4.78 is 5.48. The monoisotopic (exact) mass is 230 g/mol. The number of thiocarbonyl (C=S) groups is 1. The van der Waals surface area contributed by atoms with E-state index in [1.807, 2.05) is 0 Å². The molecule has 3 unspecified atom stereocenters. The molecule has 0 radical (unpaired) electrons. The fourth-order valence-electron chi connectivity index (χ4n) is 2.29. The van der Waals surface area contributed by atoms with E-state index in [4.69, 9.17) is 22.7 Å². The van der Waals surface area contributed by atoms with Crippen molar-refractivity contribution in [3.05, 3.63) is 0 Å². The van der Waals surface area contributed by atoms with Crippen LogP contribution in [0.1, 0.15) is 26.7 Å². The highest BCUT2D eigenvalue weighted by Gasteiger charge is 2.30. The molecule has 0 aliphatic carbocycles. The Morgan fingerprint density at radius 1 is 1.67 bits per heavy atom. The van der Waals surface area contributed by atoms with E-state index in [2.05, 4.69) is 18.7 Å². The number of methoxy groups -OCH3 is 1. The molecule has 0 aromatic carbocycles. The molecule has 0 aromatic rings. The lowest BCUT2D eigenvalue weighted by Gasteiger charge is -2.40. The van der Waals surface area contributed by atoms with Crippen molar-refractivity contribution >= 4 is 17.2 Å². The van der Waals surface area contributed by atoms with E-state index in [1.165, 1.54) is 0 Å². The lowest BCUT2D eigenvalue weighted by molar-refractivity contribution is -0.0110. The summed E-state index contributed by atoms with van der Waals surface area (Å²) >= 11 is 5.10.